The van der Waals surface area contributed by atoms with Crippen molar-refractivity contribution in [2.24, 2.45) is 11.7 Å². The molecular weight excluding hydrogens is 331 g/mol. The molecule has 1 atom stereocenters. The molecule has 0 heterocycles. The monoisotopic (exact) mass is 350 g/mol. The normalized spacial score (nSPS) is 17.0. The summed E-state index contributed by atoms with van der Waals surface area (Å²) in [7, 11) is -3.67. The highest BCUT2D eigenvalue weighted by Crippen LogP contribution is 2.35. The van der Waals surface area contributed by atoms with E-state index >= 15 is 0 Å². The van der Waals surface area contributed by atoms with Gasteiger partial charge in [0, 0.05) is 23.2 Å². The average molecular weight is 351 g/mol. The van der Waals surface area contributed by atoms with Crippen LogP contribution >= 0.6 is 23.2 Å². The molecule has 1 aromatic carbocycles. The summed E-state index contributed by atoms with van der Waals surface area (Å²) in [6.45, 7) is 2.07. The van der Waals surface area contributed by atoms with Crippen LogP contribution in [0.4, 0.5) is 0 Å². The van der Waals surface area contributed by atoms with E-state index in [0.717, 1.165) is 12.8 Å². The van der Waals surface area contributed by atoms with Gasteiger partial charge in [-0.15, -0.1) is 0 Å². The summed E-state index contributed by atoms with van der Waals surface area (Å²) >= 11 is 12.1. The molecule has 3 N–H and O–H groups in total. The maximum Gasteiger partial charge on any atom is 0.242 e. The number of benzene rings is 1. The molecule has 1 fully saturated rings. The van der Waals surface area contributed by atoms with E-state index in [2.05, 4.69) is 4.72 Å². The second kappa shape index (κ2) is 6.84. The van der Waals surface area contributed by atoms with Crippen LogP contribution in [-0.2, 0) is 16.6 Å². The van der Waals surface area contributed by atoms with Crippen molar-refractivity contribution in [3.63, 3.8) is 0 Å². The van der Waals surface area contributed by atoms with Crippen molar-refractivity contribution >= 4 is 33.2 Å². The average Bonchev–Trinajstić information content (AvgIpc) is 3.21. The number of rotatable bonds is 7. The topological polar surface area (TPSA) is 72.2 Å². The summed E-state index contributed by atoms with van der Waals surface area (Å²) in [6, 6.07) is 2.89. The maximum absolute atomic E-state index is 12.5. The van der Waals surface area contributed by atoms with Crippen molar-refractivity contribution in [2.75, 3.05) is 0 Å². The van der Waals surface area contributed by atoms with Crippen molar-refractivity contribution in [1.82, 2.24) is 4.72 Å². The van der Waals surface area contributed by atoms with Gasteiger partial charge in [-0.05, 0) is 30.9 Å². The first-order chi connectivity index (χ1) is 9.89. The molecule has 1 aromatic rings. The number of hydrogen-bond acceptors (Lipinski definition) is 3. The summed E-state index contributed by atoms with van der Waals surface area (Å²) in [6.07, 6.45) is 4.02. The first-order valence-electron chi connectivity index (χ1n) is 7.08. The molecule has 0 radical (unpaired) electrons. The molecule has 1 aliphatic carbocycles. The van der Waals surface area contributed by atoms with E-state index in [9.17, 15) is 8.42 Å². The molecule has 1 saturated carbocycles. The molecule has 1 aliphatic rings. The fraction of sp³-hybridized carbons (Fsp3) is 0.571. The quantitative estimate of drug-likeness (QED) is 0.792. The third-order valence-electron chi connectivity index (χ3n) is 3.77. The SMILES string of the molecule is CCC(CC1CC1)NS(=O)(=O)c1ccc(Cl)c(CN)c1Cl. The van der Waals surface area contributed by atoms with Crippen molar-refractivity contribution < 1.29 is 8.42 Å². The van der Waals surface area contributed by atoms with Gasteiger partial charge in [-0.1, -0.05) is 43.0 Å². The lowest BCUT2D eigenvalue weighted by Gasteiger charge is -2.18. The smallest absolute Gasteiger partial charge is 0.242 e. The molecule has 7 heteroatoms. The summed E-state index contributed by atoms with van der Waals surface area (Å²) in [5, 5.41) is 0.491. The van der Waals surface area contributed by atoms with Crippen molar-refractivity contribution in [1.29, 1.82) is 0 Å². The van der Waals surface area contributed by atoms with Crippen molar-refractivity contribution in [2.45, 2.75) is 50.1 Å². The first kappa shape index (κ1) is 17.0. The van der Waals surface area contributed by atoms with Crippen LogP contribution in [0, 0.1) is 5.92 Å². The van der Waals surface area contributed by atoms with Gasteiger partial charge in [0.2, 0.25) is 10.0 Å². The second-order valence-corrected chi connectivity index (χ2v) is 7.92. The Morgan fingerprint density at radius 2 is 2.05 bits per heavy atom. The van der Waals surface area contributed by atoms with Crippen LogP contribution < -0.4 is 10.5 Å². The van der Waals surface area contributed by atoms with E-state index in [-0.39, 0.29) is 22.5 Å². The lowest BCUT2D eigenvalue weighted by molar-refractivity contribution is 0.495. The second-order valence-electron chi connectivity index (χ2n) is 5.45. The van der Waals surface area contributed by atoms with Gasteiger partial charge < -0.3 is 5.73 Å². The Bertz CT molecular complexity index is 616. The Balaban J connectivity index is 2.26. The van der Waals surface area contributed by atoms with Gasteiger partial charge in [-0.2, -0.15) is 0 Å². The fourth-order valence-corrected chi connectivity index (χ4v) is 4.57. The summed E-state index contributed by atoms with van der Waals surface area (Å²) in [4.78, 5) is 0.0447. The highest BCUT2D eigenvalue weighted by atomic mass is 35.5. The van der Waals surface area contributed by atoms with E-state index in [1.165, 1.54) is 25.0 Å². The zero-order valence-corrected chi connectivity index (χ0v) is 14.2. The molecule has 0 saturated heterocycles. The molecule has 2 rings (SSSR count). The Kier molecular flexibility index (Phi) is 5.54. The van der Waals surface area contributed by atoms with Crippen LogP contribution in [0.2, 0.25) is 10.0 Å². The first-order valence-corrected chi connectivity index (χ1v) is 9.32. The summed E-state index contributed by atoms with van der Waals surface area (Å²) < 4.78 is 27.8. The molecule has 21 heavy (non-hydrogen) atoms. The standard InChI is InChI=1S/C14H20Cl2N2O2S/c1-2-10(7-9-3-4-9)18-21(19,20)13-6-5-12(15)11(8-17)14(13)16/h5-6,9-10,18H,2-4,7-8,17H2,1H3. The Labute approximate surface area is 136 Å². The van der Waals surface area contributed by atoms with Gasteiger partial charge >= 0.3 is 0 Å². The van der Waals surface area contributed by atoms with Crippen LogP contribution in [0.25, 0.3) is 0 Å². The molecule has 0 aliphatic heterocycles. The summed E-state index contributed by atoms with van der Waals surface area (Å²) in [5.41, 5.74) is 6.04. The van der Waals surface area contributed by atoms with E-state index in [4.69, 9.17) is 28.9 Å². The molecule has 0 aromatic heterocycles. The lowest BCUT2D eigenvalue weighted by Crippen LogP contribution is -2.35. The number of halogens is 2. The highest BCUT2D eigenvalue weighted by molar-refractivity contribution is 7.89. The van der Waals surface area contributed by atoms with Gasteiger partial charge in [0.15, 0.2) is 0 Å². The molecule has 1 unspecified atom stereocenters. The van der Waals surface area contributed by atoms with E-state index in [1.54, 1.807) is 0 Å². The minimum Gasteiger partial charge on any atom is -0.326 e. The van der Waals surface area contributed by atoms with E-state index < -0.39 is 10.0 Å². The molecule has 118 valence electrons. The molecule has 0 spiro atoms. The minimum atomic E-state index is -3.67. The Hall–Kier alpha value is -0.330. The largest absolute Gasteiger partial charge is 0.326 e. The van der Waals surface area contributed by atoms with E-state index in [0.29, 0.717) is 16.5 Å². The van der Waals surface area contributed by atoms with Gasteiger partial charge in [-0.3, -0.25) is 0 Å². The van der Waals surface area contributed by atoms with Gasteiger partial charge in [-0.25, -0.2) is 13.1 Å². The Morgan fingerprint density at radius 3 is 2.57 bits per heavy atom. The lowest BCUT2D eigenvalue weighted by atomic mass is 10.1. The Morgan fingerprint density at radius 1 is 1.38 bits per heavy atom. The third-order valence-corrected chi connectivity index (χ3v) is 6.23. The zero-order chi connectivity index (χ0) is 15.6. The predicted octanol–water partition coefficient (Wildman–Crippen LogP) is 3.31. The van der Waals surface area contributed by atoms with Crippen molar-refractivity contribution in [3.8, 4) is 0 Å². The number of sulfonamides is 1. The molecule has 0 bridgehead atoms. The third kappa shape index (κ3) is 4.11. The van der Waals surface area contributed by atoms with Gasteiger partial charge in [0.1, 0.15) is 4.90 Å². The highest BCUT2D eigenvalue weighted by Gasteiger charge is 2.29. The number of hydrogen-bond donors (Lipinski definition) is 2. The van der Waals surface area contributed by atoms with Crippen LogP contribution in [0.15, 0.2) is 17.0 Å². The number of nitrogens with one attached hydrogen (secondary N) is 1. The molecule has 0 amide bonds. The molecular formula is C14H20Cl2N2O2S. The van der Waals surface area contributed by atoms with Gasteiger partial charge in [0.05, 0.1) is 5.02 Å². The predicted molar refractivity (Wildman–Crippen MR) is 86.1 cm³/mol. The number of nitrogens with two attached hydrogens (primary N) is 1. The minimum absolute atomic E-state index is 0.0447. The van der Waals surface area contributed by atoms with Crippen LogP contribution in [0.3, 0.4) is 0 Å². The zero-order valence-electron chi connectivity index (χ0n) is 11.9. The maximum atomic E-state index is 12.5. The van der Waals surface area contributed by atoms with Crippen LogP contribution in [0.1, 0.15) is 38.2 Å². The summed E-state index contributed by atoms with van der Waals surface area (Å²) in [5.74, 6) is 0.651. The molecule has 4 nitrogen and oxygen atoms in total. The van der Waals surface area contributed by atoms with E-state index in [1.807, 2.05) is 6.92 Å². The van der Waals surface area contributed by atoms with Crippen molar-refractivity contribution in [3.05, 3.63) is 27.7 Å². The van der Waals surface area contributed by atoms with Crippen LogP contribution in [-0.4, -0.2) is 14.5 Å². The van der Waals surface area contributed by atoms with Crippen LogP contribution in [0.5, 0.6) is 0 Å². The van der Waals surface area contributed by atoms with Gasteiger partial charge in [0.25, 0.3) is 0 Å². The fourth-order valence-electron chi connectivity index (χ4n) is 2.31.